The molecule has 1 aliphatic carbocycles. The zero-order valence-corrected chi connectivity index (χ0v) is 18.1. The number of hydrogen-bond acceptors (Lipinski definition) is 3. The summed E-state index contributed by atoms with van der Waals surface area (Å²) >= 11 is 0. The van der Waals surface area contributed by atoms with Gasteiger partial charge in [-0.3, -0.25) is 9.59 Å². The van der Waals surface area contributed by atoms with Crippen LogP contribution in [0.5, 0.6) is 0 Å². The number of aromatic nitrogens is 2. The zero-order valence-electron chi connectivity index (χ0n) is 18.1. The average Bonchev–Trinajstić information content (AvgIpc) is 3.38. The third kappa shape index (κ3) is 3.50. The number of benzene rings is 1. The summed E-state index contributed by atoms with van der Waals surface area (Å²) in [4.78, 5) is 32.6. The largest absolute Gasteiger partial charge is 0.350 e. The Morgan fingerprint density at radius 3 is 2.74 bits per heavy atom. The van der Waals surface area contributed by atoms with Gasteiger partial charge in [0.15, 0.2) is 0 Å². The molecule has 1 atom stereocenters. The van der Waals surface area contributed by atoms with E-state index in [9.17, 15) is 9.59 Å². The molecule has 2 aromatic heterocycles. The molecule has 2 fully saturated rings. The number of aryl methyl sites for hydroxylation is 2. The highest BCUT2D eigenvalue weighted by Crippen LogP contribution is 2.50. The second-order valence-electron chi connectivity index (χ2n) is 9.23. The van der Waals surface area contributed by atoms with Crippen LogP contribution >= 0.6 is 0 Å². The molecule has 3 heterocycles. The molecule has 2 amide bonds. The van der Waals surface area contributed by atoms with Crippen LogP contribution in [-0.2, 0) is 0 Å². The van der Waals surface area contributed by atoms with Gasteiger partial charge >= 0.3 is 0 Å². The van der Waals surface area contributed by atoms with E-state index in [1.165, 1.54) is 24.8 Å². The van der Waals surface area contributed by atoms with Crippen molar-refractivity contribution < 1.29 is 9.59 Å². The Kier molecular flexibility index (Phi) is 4.80. The van der Waals surface area contributed by atoms with Crippen LogP contribution in [-0.4, -0.2) is 45.2 Å². The van der Waals surface area contributed by atoms with Crippen molar-refractivity contribution in [3.63, 3.8) is 0 Å². The molecule has 1 aliphatic heterocycles. The number of nitrogens with zero attached hydrogens (tertiary/aromatic N) is 3. The van der Waals surface area contributed by atoms with Crippen LogP contribution in [0.2, 0.25) is 0 Å². The minimum absolute atomic E-state index is 0.0119. The first kappa shape index (κ1) is 19.8. The summed E-state index contributed by atoms with van der Waals surface area (Å²) in [6.07, 6.45) is 9.91. The molecule has 1 aromatic carbocycles. The zero-order chi connectivity index (χ0) is 21.6. The molecule has 1 unspecified atom stereocenters. The van der Waals surface area contributed by atoms with E-state index < -0.39 is 0 Å². The van der Waals surface area contributed by atoms with E-state index in [2.05, 4.69) is 17.2 Å². The van der Waals surface area contributed by atoms with E-state index in [0.717, 1.165) is 24.1 Å². The van der Waals surface area contributed by atoms with E-state index in [-0.39, 0.29) is 23.3 Å². The molecule has 5 rings (SSSR count). The third-order valence-corrected chi connectivity index (χ3v) is 7.21. The quantitative estimate of drug-likeness (QED) is 0.704. The summed E-state index contributed by atoms with van der Waals surface area (Å²) in [7, 11) is 0. The summed E-state index contributed by atoms with van der Waals surface area (Å²) in [5.41, 5.74) is 4.47. The van der Waals surface area contributed by atoms with E-state index in [0.29, 0.717) is 17.8 Å². The second-order valence-corrected chi connectivity index (χ2v) is 9.23. The lowest BCUT2D eigenvalue weighted by Gasteiger charge is -2.37. The molecule has 6 nitrogen and oxygen atoms in total. The Bertz CT molecular complexity index is 1160. The monoisotopic (exact) mass is 416 g/mol. The maximum atomic E-state index is 13.4. The van der Waals surface area contributed by atoms with Crippen molar-refractivity contribution in [2.75, 3.05) is 13.1 Å². The Labute approximate surface area is 182 Å². The number of carbonyl (C=O) groups excluding carboxylic acids is 2. The van der Waals surface area contributed by atoms with Crippen LogP contribution in [0.4, 0.5) is 0 Å². The minimum Gasteiger partial charge on any atom is -0.350 e. The van der Waals surface area contributed by atoms with Gasteiger partial charge in [0, 0.05) is 43.3 Å². The first-order valence-corrected chi connectivity index (χ1v) is 11.0. The molecule has 1 spiro atoms. The SMILES string of the molecule is Cc1ccc(C(=O)N2CC3(CCC3)CC2CNC(=O)c2cccn3ccnc23)cc1C. The first-order chi connectivity index (χ1) is 15.0. The highest BCUT2D eigenvalue weighted by molar-refractivity contribution is 6.00. The van der Waals surface area contributed by atoms with Gasteiger partial charge in [-0.05, 0) is 73.9 Å². The predicted octanol–water partition coefficient (Wildman–Crippen LogP) is 3.77. The molecule has 3 aromatic rings. The van der Waals surface area contributed by atoms with Crippen molar-refractivity contribution in [2.24, 2.45) is 5.41 Å². The Morgan fingerprint density at radius 2 is 2.00 bits per heavy atom. The average molecular weight is 417 g/mol. The maximum Gasteiger partial charge on any atom is 0.255 e. The van der Waals surface area contributed by atoms with Crippen LogP contribution in [0.25, 0.3) is 5.65 Å². The molecule has 0 bridgehead atoms. The van der Waals surface area contributed by atoms with Gasteiger partial charge in [-0.25, -0.2) is 4.98 Å². The normalized spacial score (nSPS) is 19.5. The number of imidazole rings is 1. The van der Waals surface area contributed by atoms with Crippen molar-refractivity contribution >= 4 is 17.5 Å². The Balaban J connectivity index is 1.35. The van der Waals surface area contributed by atoms with Crippen molar-refractivity contribution in [3.05, 3.63) is 71.2 Å². The van der Waals surface area contributed by atoms with Crippen molar-refractivity contribution in [2.45, 2.75) is 45.6 Å². The molecule has 1 saturated carbocycles. The van der Waals surface area contributed by atoms with Crippen LogP contribution in [0.3, 0.4) is 0 Å². The van der Waals surface area contributed by atoms with Crippen molar-refractivity contribution in [1.82, 2.24) is 19.6 Å². The van der Waals surface area contributed by atoms with Crippen molar-refractivity contribution in [3.8, 4) is 0 Å². The molecular weight excluding hydrogens is 388 g/mol. The van der Waals surface area contributed by atoms with Gasteiger partial charge in [0.1, 0.15) is 5.65 Å². The fraction of sp³-hybridized carbons (Fsp3) is 0.400. The summed E-state index contributed by atoms with van der Waals surface area (Å²) in [6.45, 7) is 5.34. The molecule has 1 N–H and O–H groups in total. The summed E-state index contributed by atoms with van der Waals surface area (Å²) in [5, 5.41) is 3.08. The highest BCUT2D eigenvalue weighted by atomic mass is 16.2. The van der Waals surface area contributed by atoms with E-state index in [1.807, 2.05) is 52.9 Å². The van der Waals surface area contributed by atoms with Gasteiger partial charge in [-0.2, -0.15) is 0 Å². The van der Waals surface area contributed by atoms with Gasteiger partial charge < -0.3 is 14.6 Å². The first-order valence-electron chi connectivity index (χ1n) is 11.0. The number of pyridine rings is 1. The van der Waals surface area contributed by atoms with Gasteiger partial charge in [-0.15, -0.1) is 0 Å². The molecule has 6 heteroatoms. The Hall–Kier alpha value is -3.15. The van der Waals surface area contributed by atoms with Gasteiger partial charge in [0.25, 0.3) is 11.8 Å². The maximum absolute atomic E-state index is 13.4. The fourth-order valence-electron chi connectivity index (χ4n) is 5.10. The number of amides is 2. The topological polar surface area (TPSA) is 66.7 Å². The van der Waals surface area contributed by atoms with Gasteiger partial charge in [-0.1, -0.05) is 12.5 Å². The van der Waals surface area contributed by atoms with Crippen LogP contribution in [0.1, 0.15) is 57.5 Å². The third-order valence-electron chi connectivity index (χ3n) is 7.21. The molecule has 1 saturated heterocycles. The van der Waals surface area contributed by atoms with E-state index in [1.54, 1.807) is 12.3 Å². The van der Waals surface area contributed by atoms with E-state index in [4.69, 9.17) is 0 Å². The van der Waals surface area contributed by atoms with Crippen LogP contribution < -0.4 is 5.32 Å². The minimum atomic E-state index is -0.148. The lowest BCUT2D eigenvalue weighted by Crippen LogP contribution is -2.43. The van der Waals surface area contributed by atoms with Crippen molar-refractivity contribution in [1.29, 1.82) is 0 Å². The van der Waals surface area contributed by atoms with E-state index >= 15 is 0 Å². The van der Waals surface area contributed by atoms with Crippen LogP contribution in [0.15, 0.2) is 48.9 Å². The number of rotatable bonds is 4. The lowest BCUT2D eigenvalue weighted by atomic mass is 9.67. The molecular formula is C25H28N4O2. The fourth-order valence-corrected chi connectivity index (χ4v) is 5.10. The number of carbonyl (C=O) groups is 2. The number of hydrogen-bond donors (Lipinski definition) is 1. The Morgan fingerprint density at radius 1 is 1.16 bits per heavy atom. The highest BCUT2D eigenvalue weighted by Gasteiger charge is 2.49. The second kappa shape index (κ2) is 7.52. The predicted molar refractivity (Wildman–Crippen MR) is 119 cm³/mol. The summed E-state index contributed by atoms with van der Waals surface area (Å²) in [6, 6.07) is 9.57. The lowest BCUT2D eigenvalue weighted by molar-refractivity contribution is 0.0686. The number of nitrogens with one attached hydrogen (secondary N) is 1. The molecule has 0 radical (unpaired) electrons. The smallest absolute Gasteiger partial charge is 0.255 e. The number of fused-ring (bicyclic) bond motifs is 1. The van der Waals surface area contributed by atoms with Crippen LogP contribution in [0, 0.1) is 19.3 Å². The molecule has 2 aliphatic rings. The number of likely N-dealkylation sites (tertiary alicyclic amines) is 1. The molecule has 31 heavy (non-hydrogen) atoms. The standard InChI is InChI=1S/C25H28N4O2/c1-17-6-7-19(13-18(17)2)24(31)29-16-25(8-4-9-25)14-20(29)15-27-23(30)21-5-3-11-28-12-10-26-22(21)28/h3,5-7,10-13,20H,4,8-9,14-16H2,1-2H3,(H,27,30). The van der Waals surface area contributed by atoms with Gasteiger partial charge in [0.05, 0.1) is 5.56 Å². The van der Waals surface area contributed by atoms with Gasteiger partial charge in [0.2, 0.25) is 0 Å². The molecule has 160 valence electrons. The summed E-state index contributed by atoms with van der Waals surface area (Å²) in [5.74, 6) is -0.0774. The summed E-state index contributed by atoms with van der Waals surface area (Å²) < 4.78 is 1.84.